The lowest BCUT2D eigenvalue weighted by molar-refractivity contribution is -0.128. The number of carbonyl (C=O) groups excluding carboxylic acids is 1. The number of hydrogen-bond acceptors (Lipinski definition) is 4. The monoisotopic (exact) mass is 285 g/mol. The van der Waals surface area contributed by atoms with Crippen LogP contribution in [0.3, 0.4) is 0 Å². The number of fused-ring (bicyclic) bond motifs is 1. The van der Waals surface area contributed by atoms with Crippen LogP contribution in [0.1, 0.15) is 24.4 Å². The normalized spacial score (nSPS) is 20.8. The molecule has 21 heavy (non-hydrogen) atoms. The minimum atomic E-state index is -0.189. The van der Waals surface area contributed by atoms with E-state index in [-0.39, 0.29) is 23.6 Å². The molecule has 1 saturated carbocycles. The Balaban J connectivity index is 2.01. The molecule has 2 aromatic rings. The van der Waals surface area contributed by atoms with Crippen LogP contribution >= 0.6 is 0 Å². The third kappa shape index (κ3) is 1.92. The average Bonchev–Trinajstić information content (AvgIpc) is 2.70. The summed E-state index contributed by atoms with van der Waals surface area (Å²) in [5, 5.41) is 8.95. The van der Waals surface area contributed by atoms with Crippen LogP contribution in [0, 0.1) is 17.2 Å². The van der Waals surface area contributed by atoms with E-state index in [9.17, 15) is 9.59 Å². The minimum absolute atomic E-state index is 0.00330. The summed E-state index contributed by atoms with van der Waals surface area (Å²) >= 11 is 0. The van der Waals surface area contributed by atoms with E-state index in [1.165, 1.54) is 4.57 Å². The number of nitrogens with zero attached hydrogens (tertiary/aromatic N) is 3. The standard InChI is InChI=1S/C14H15N5O2/c1-18-12-4-8(7-15)2-3-11(12)19(14(18)21)10-5-9(6-10)13(20)17-16/h2-4,9-10H,5-6,16H2,1H3,(H,17,20)/t9-,10-. The number of benzene rings is 1. The molecule has 1 aliphatic carbocycles. The van der Waals surface area contributed by atoms with E-state index in [0.29, 0.717) is 18.4 Å². The predicted octanol–water partition coefficient (Wildman–Crippen LogP) is 0.153. The Morgan fingerprint density at radius 1 is 1.43 bits per heavy atom. The molecule has 1 aromatic carbocycles. The van der Waals surface area contributed by atoms with Gasteiger partial charge in [0.2, 0.25) is 5.91 Å². The van der Waals surface area contributed by atoms with Crippen LogP contribution in [0.5, 0.6) is 0 Å². The third-order valence-corrected chi connectivity index (χ3v) is 4.21. The van der Waals surface area contributed by atoms with Gasteiger partial charge in [-0.2, -0.15) is 5.26 Å². The lowest BCUT2D eigenvalue weighted by Crippen LogP contribution is -2.44. The van der Waals surface area contributed by atoms with Crippen LogP contribution in [0.15, 0.2) is 23.0 Å². The largest absolute Gasteiger partial charge is 0.329 e. The van der Waals surface area contributed by atoms with Crippen molar-refractivity contribution in [1.82, 2.24) is 14.6 Å². The summed E-state index contributed by atoms with van der Waals surface area (Å²) in [6.45, 7) is 0. The van der Waals surface area contributed by atoms with Crippen molar-refractivity contribution in [3.8, 4) is 6.07 Å². The molecule has 3 rings (SSSR count). The van der Waals surface area contributed by atoms with E-state index in [1.54, 1.807) is 29.8 Å². The van der Waals surface area contributed by atoms with Crippen molar-refractivity contribution in [3.63, 3.8) is 0 Å². The molecule has 0 bridgehead atoms. The van der Waals surface area contributed by atoms with Gasteiger partial charge in [0.05, 0.1) is 22.7 Å². The zero-order valence-corrected chi connectivity index (χ0v) is 11.5. The molecule has 108 valence electrons. The van der Waals surface area contributed by atoms with Gasteiger partial charge in [0.15, 0.2) is 0 Å². The molecule has 0 atom stereocenters. The van der Waals surface area contributed by atoms with E-state index in [2.05, 4.69) is 11.5 Å². The summed E-state index contributed by atoms with van der Waals surface area (Å²) < 4.78 is 3.24. The summed E-state index contributed by atoms with van der Waals surface area (Å²) in [4.78, 5) is 23.8. The Labute approximate surface area is 120 Å². The van der Waals surface area contributed by atoms with Crippen LogP contribution in [-0.2, 0) is 11.8 Å². The first-order chi connectivity index (χ1) is 10.1. The average molecular weight is 285 g/mol. The number of nitrogens with one attached hydrogen (secondary N) is 1. The number of carbonyl (C=O) groups is 1. The fourth-order valence-corrected chi connectivity index (χ4v) is 2.92. The Bertz CT molecular complexity index is 820. The van der Waals surface area contributed by atoms with Gasteiger partial charge in [-0.1, -0.05) is 0 Å². The van der Waals surface area contributed by atoms with Gasteiger partial charge in [-0.3, -0.25) is 19.4 Å². The second-order valence-corrected chi connectivity index (χ2v) is 5.36. The highest BCUT2D eigenvalue weighted by atomic mass is 16.2. The molecule has 1 fully saturated rings. The van der Waals surface area contributed by atoms with Gasteiger partial charge in [-0.05, 0) is 31.0 Å². The van der Waals surface area contributed by atoms with Crippen molar-refractivity contribution in [2.75, 3.05) is 0 Å². The van der Waals surface area contributed by atoms with Crippen molar-refractivity contribution < 1.29 is 4.79 Å². The van der Waals surface area contributed by atoms with Gasteiger partial charge in [-0.15, -0.1) is 0 Å². The van der Waals surface area contributed by atoms with Crippen LogP contribution in [0.2, 0.25) is 0 Å². The summed E-state index contributed by atoms with van der Waals surface area (Å²) in [6, 6.07) is 7.25. The number of rotatable bonds is 2. The summed E-state index contributed by atoms with van der Waals surface area (Å²) in [7, 11) is 1.69. The molecule has 0 spiro atoms. The first-order valence-corrected chi connectivity index (χ1v) is 6.68. The van der Waals surface area contributed by atoms with Crippen LogP contribution < -0.4 is 17.0 Å². The highest BCUT2D eigenvalue weighted by molar-refractivity contribution is 5.80. The highest BCUT2D eigenvalue weighted by Crippen LogP contribution is 2.38. The molecule has 7 heteroatoms. The Morgan fingerprint density at radius 2 is 2.14 bits per heavy atom. The number of aromatic nitrogens is 2. The van der Waals surface area contributed by atoms with Gasteiger partial charge in [0.1, 0.15) is 0 Å². The number of hydrazine groups is 1. The number of nitrogens with two attached hydrogens (primary N) is 1. The number of imidazole rings is 1. The topological polar surface area (TPSA) is 106 Å². The number of nitriles is 1. The molecule has 3 N–H and O–H groups in total. The fourth-order valence-electron chi connectivity index (χ4n) is 2.92. The molecule has 1 aliphatic rings. The second kappa shape index (κ2) is 4.75. The van der Waals surface area contributed by atoms with E-state index >= 15 is 0 Å². The molecular formula is C14H15N5O2. The first kappa shape index (κ1) is 13.4. The predicted molar refractivity (Wildman–Crippen MR) is 76.0 cm³/mol. The van der Waals surface area contributed by atoms with Gasteiger partial charge in [-0.25, -0.2) is 10.6 Å². The molecular weight excluding hydrogens is 270 g/mol. The van der Waals surface area contributed by atoms with Crippen LogP contribution in [-0.4, -0.2) is 15.0 Å². The smallest absolute Gasteiger partial charge is 0.295 e. The maximum Gasteiger partial charge on any atom is 0.329 e. The van der Waals surface area contributed by atoms with Crippen molar-refractivity contribution in [1.29, 1.82) is 5.26 Å². The summed E-state index contributed by atoms with van der Waals surface area (Å²) in [6.07, 6.45) is 1.20. The summed E-state index contributed by atoms with van der Waals surface area (Å²) in [5.74, 6) is 4.79. The fraction of sp³-hybridized carbons (Fsp3) is 0.357. The number of aryl methyl sites for hydroxylation is 1. The Kier molecular flexibility index (Phi) is 3.03. The van der Waals surface area contributed by atoms with Crippen molar-refractivity contribution in [2.24, 2.45) is 18.8 Å². The molecule has 0 aliphatic heterocycles. The third-order valence-electron chi connectivity index (χ3n) is 4.21. The second-order valence-electron chi connectivity index (χ2n) is 5.36. The lowest BCUT2D eigenvalue weighted by atomic mass is 9.79. The van der Waals surface area contributed by atoms with E-state index in [0.717, 1.165) is 11.0 Å². The van der Waals surface area contributed by atoms with Crippen LogP contribution in [0.4, 0.5) is 0 Å². The maximum absolute atomic E-state index is 12.4. The Morgan fingerprint density at radius 3 is 2.76 bits per heavy atom. The van der Waals surface area contributed by atoms with Gasteiger partial charge in [0.25, 0.3) is 0 Å². The summed E-state index contributed by atoms with van der Waals surface area (Å²) in [5.41, 5.74) is 4.05. The van der Waals surface area contributed by atoms with E-state index in [4.69, 9.17) is 11.1 Å². The van der Waals surface area contributed by atoms with Gasteiger partial charge >= 0.3 is 5.69 Å². The molecule has 1 amide bonds. The quantitative estimate of drug-likeness (QED) is 0.465. The molecule has 1 aromatic heterocycles. The number of amides is 1. The van der Waals surface area contributed by atoms with Crippen molar-refractivity contribution in [3.05, 3.63) is 34.2 Å². The zero-order valence-electron chi connectivity index (χ0n) is 11.5. The van der Waals surface area contributed by atoms with Gasteiger partial charge in [0, 0.05) is 19.0 Å². The molecule has 7 nitrogen and oxygen atoms in total. The molecule has 0 saturated heterocycles. The Hall–Kier alpha value is -2.59. The molecule has 0 radical (unpaired) electrons. The van der Waals surface area contributed by atoms with E-state index < -0.39 is 0 Å². The lowest BCUT2D eigenvalue weighted by Gasteiger charge is -2.34. The highest BCUT2D eigenvalue weighted by Gasteiger charge is 2.37. The van der Waals surface area contributed by atoms with Crippen molar-refractivity contribution >= 4 is 16.9 Å². The maximum atomic E-state index is 12.4. The SMILES string of the molecule is Cn1c(=O)n([C@H]2C[C@H](C(=O)NN)C2)c2ccc(C#N)cc21. The van der Waals surface area contributed by atoms with E-state index in [1.807, 2.05) is 0 Å². The minimum Gasteiger partial charge on any atom is -0.295 e. The van der Waals surface area contributed by atoms with Crippen LogP contribution in [0.25, 0.3) is 11.0 Å². The molecule has 1 heterocycles. The molecule has 0 unspecified atom stereocenters. The first-order valence-electron chi connectivity index (χ1n) is 6.68. The zero-order chi connectivity index (χ0) is 15.1. The van der Waals surface area contributed by atoms with Gasteiger partial charge < -0.3 is 0 Å². The van der Waals surface area contributed by atoms with Crippen molar-refractivity contribution in [2.45, 2.75) is 18.9 Å². The number of hydrogen-bond donors (Lipinski definition) is 2.